The maximum atomic E-state index is 13.1. The van der Waals surface area contributed by atoms with E-state index < -0.39 is 0 Å². The topological polar surface area (TPSA) is 78.5 Å². The van der Waals surface area contributed by atoms with Gasteiger partial charge in [-0.2, -0.15) is 5.10 Å². The van der Waals surface area contributed by atoms with Crippen molar-refractivity contribution in [3.8, 4) is 0 Å². The lowest BCUT2D eigenvalue weighted by Crippen LogP contribution is -2.40. The van der Waals surface area contributed by atoms with Gasteiger partial charge in [0.2, 0.25) is 5.91 Å². The lowest BCUT2D eigenvalue weighted by atomic mass is 9.98. The molecule has 4 rings (SSSR count). The number of aromatic nitrogens is 2. The van der Waals surface area contributed by atoms with Gasteiger partial charge >= 0.3 is 0 Å². The van der Waals surface area contributed by atoms with Gasteiger partial charge in [-0.25, -0.2) is 4.39 Å². The zero-order valence-corrected chi connectivity index (χ0v) is 17.0. The number of likely N-dealkylation sites (tertiary alicyclic amines) is 1. The van der Waals surface area contributed by atoms with Gasteiger partial charge in [-0.3, -0.25) is 14.7 Å². The Labute approximate surface area is 175 Å². The fourth-order valence-corrected chi connectivity index (χ4v) is 4.14. The van der Waals surface area contributed by atoms with Gasteiger partial charge in [-0.1, -0.05) is 12.1 Å². The van der Waals surface area contributed by atoms with Crippen LogP contribution < -0.4 is 0 Å². The fraction of sp³-hybridized carbons (Fsp3) is 0.500. The number of halogens is 1. The van der Waals surface area contributed by atoms with E-state index in [9.17, 15) is 14.0 Å². The summed E-state index contributed by atoms with van der Waals surface area (Å²) in [6.07, 6.45) is 3.78. The Morgan fingerprint density at radius 1 is 1.13 bits per heavy atom. The third-order valence-electron chi connectivity index (χ3n) is 5.84. The molecule has 0 radical (unpaired) electrons. The van der Waals surface area contributed by atoms with E-state index in [1.807, 2.05) is 4.90 Å². The average molecular weight is 414 g/mol. The van der Waals surface area contributed by atoms with E-state index in [0.717, 1.165) is 30.5 Å². The summed E-state index contributed by atoms with van der Waals surface area (Å²) >= 11 is 0. The fourth-order valence-electron chi connectivity index (χ4n) is 4.14. The first-order valence-corrected chi connectivity index (χ1v) is 10.6. The molecule has 0 aliphatic carbocycles. The van der Waals surface area contributed by atoms with Crippen LogP contribution in [0, 0.1) is 5.82 Å². The van der Waals surface area contributed by atoms with Gasteiger partial charge in [-0.05, 0) is 49.4 Å². The summed E-state index contributed by atoms with van der Waals surface area (Å²) in [5, 5.41) is 7.23. The quantitative estimate of drug-likeness (QED) is 0.816. The molecule has 0 saturated carbocycles. The second-order valence-electron chi connectivity index (χ2n) is 7.84. The minimum atomic E-state index is -0.275. The number of benzene rings is 1. The molecule has 2 aliphatic rings. The predicted octanol–water partition coefficient (Wildman–Crippen LogP) is 2.71. The van der Waals surface area contributed by atoms with E-state index >= 15 is 0 Å². The van der Waals surface area contributed by atoms with Crippen LogP contribution >= 0.6 is 0 Å². The standard InChI is InChI=1S/C22H27FN4O3/c23-17-7-4-16(5-8-17)6-9-21(28)27-10-2-1-3-20(27)18-15-19(25-24-18)22(29)26-11-13-30-14-12-26/h4-5,7-8,15,20H,1-3,6,9-14H2,(H,24,25). The number of aromatic amines is 1. The van der Waals surface area contributed by atoms with Crippen LogP contribution in [0.1, 0.15) is 53.5 Å². The minimum absolute atomic E-state index is 0.0691. The number of amides is 2. The maximum absolute atomic E-state index is 13.1. The van der Waals surface area contributed by atoms with Crippen molar-refractivity contribution in [2.45, 2.75) is 38.1 Å². The highest BCUT2D eigenvalue weighted by molar-refractivity contribution is 5.92. The number of aryl methyl sites for hydroxylation is 1. The minimum Gasteiger partial charge on any atom is -0.378 e. The largest absolute Gasteiger partial charge is 0.378 e. The molecule has 3 heterocycles. The Balaban J connectivity index is 1.41. The molecule has 1 unspecified atom stereocenters. The molecule has 30 heavy (non-hydrogen) atoms. The lowest BCUT2D eigenvalue weighted by molar-refractivity contribution is -0.135. The molecule has 0 spiro atoms. The molecule has 7 nitrogen and oxygen atoms in total. The van der Waals surface area contributed by atoms with Gasteiger partial charge in [0.15, 0.2) is 0 Å². The van der Waals surface area contributed by atoms with Crippen molar-refractivity contribution in [3.05, 3.63) is 53.1 Å². The molecule has 1 aromatic carbocycles. The number of nitrogens with one attached hydrogen (secondary N) is 1. The predicted molar refractivity (Wildman–Crippen MR) is 108 cm³/mol. The normalized spacial score (nSPS) is 19.7. The maximum Gasteiger partial charge on any atom is 0.274 e. The molecule has 2 fully saturated rings. The van der Waals surface area contributed by atoms with Crippen LogP contribution in [0.2, 0.25) is 0 Å². The molecule has 160 valence electrons. The molecule has 2 amide bonds. The van der Waals surface area contributed by atoms with Crippen LogP contribution in [0.25, 0.3) is 0 Å². The summed E-state index contributed by atoms with van der Waals surface area (Å²) in [5.41, 5.74) is 2.14. The van der Waals surface area contributed by atoms with Gasteiger partial charge in [0, 0.05) is 26.1 Å². The summed E-state index contributed by atoms with van der Waals surface area (Å²) in [7, 11) is 0. The Morgan fingerprint density at radius 3 is 2.67 bits per heavy atom. The van der Waals surface area contributed by atoms with Crippen molar-refractivity contribution in [2.24, 2.45) is 0 Å². The molecule has 2 aromatic rings. The van der Waals surface area contributed by atoms with Crippen LogP contribution in [-0.4, -0.2) is 64.7 Å². The van der Waals surface area contributed by atoms with E-state index in [-0.39, 0.29) is 23.7 Å². The summed E-state index contributed by atoms with van der Waals surface area (Å²) in [4.78, 5) is 29.3. The Kier molecular flexibility index (Phi) is 6.42. The smallest absolute Gasteiger partial charge is 0.274 e. The lowest BCUT2D eigenvalue weighted by Gasteiger charge is -2.35. The molecule has 0 bridgehead atoms. The van der Waals surface area contributed by atoms with Crippen molar-refractivity contribution in [3.63, 3.8) is 0 Å². The van der Waals surface area contributed by atoms with Crippen molar-refractivity contribution < 1.29 is 18.7 Å². The molecule has 8 heteroatoms. The van der Waals surface area contributed by atoms with Gasteiger partial charge in [0.05, 0.1) is 24.9 Å². The molecular weight excluding hydrogens is 387 g/mol. The van der Waals surface area contributed by atoms with Crippen LogP contribution in [0.5, 0.6) is 0 Å². The molecule has 2 aliphatic heterocycles. The first-order chi connectivity index (χ1) is 14.6. The van der Waals surface area contributed by atoms with Crippen LogP contribution in [0.15, 0.2) is 30.3 Å². The number of H-pyrrole nitrogens is 1. The Hall–Kier alpha value is -2.74. The number of nitrogens with zero attached hydrogens (tertiary/aromatic N) is 3. The first kappa shape index (κ1) is 20.5. The van der Waals surface area contributed by atoms with E-state index in [4.69, 9.17) is 4.74 Å². The number of piperidine rings is 1. The van der Waals surface area contributed by atoms with Crippen LogP contribution in [0.4, 0.5) is 4.39 Å². The van der Waals surface area contributed by atoms with Gasteiger partial charge in [-0.15, -0.1) is 0 Å². The number of morpholine rings is 1. The monoisotopic (exact) mass is 414 g/mol. The SMILES string of the molecule is O=C(c1cc(C2CCCCN2C(=O)CCc2ccc(F)cc2)[nH]n1)N1CCOCC1. The highest BCUT2D eigenvalue weighted by Crippen LogP contribution is 2.31. The van der Waals surface area contributed by atoms with Gasteiger partial charge in [0.1, 0.15) is 11.5 Å². The average Bonchev–Trinajstić information content (AvgIpc) is 3.29. The number of ether oxygens (including phenoxy) is 1. The Bertz CT molecular complexity index is 877. The second kappa shape index (κ2) is 9.38. The zero-order chi connectivity index (χ0) is 20.9. The molecule has 1 N–H and O–H groups in total. The second-order valence-corrected chi connectivity index (χ2v) is 7.84. The first-order valence-electron chi connectivity index (χ1n) is 10.6. The van der Waals surface area contributed by atoms with E-state index in [1.165, 1.54) is 12.1 Å². The summed E-state index contributed by atoms with van der Waals surface area (Å²) in [5.74, 6) is -0.312. The number of carbonyl (C=O) groups excluding carboxylic acids is 2. The van der Waals surface area contributed by atoms with Crippen molar-refractivity contribution in [1.82, 2.24) is 20.0 Å². The molecule has 2 saturated heterocycles. The number of hydrogen-bond donors (Lipinski definition) is 1. The number of rotatable bonds is 5. The van der Waals surface area contributed by atoms with Gasteiger partial charge in [0.25, 0.3) is 5.91 Å². The van der Waals surface area contributed by atoms with Crippen molar-refractivity contribution in [2.75, 3.05) is 32.8 Å². The highest BCUT2D eigenvalue weighted by atomic mass is 19.1. The van der Waals surface area contributed by atoms with E-state index in [1.54, 1.807) is 23.1 Å². The highest BCUT2D eigenvalue weighted by Gasteiger charge is 2.30. The summed E-state index contributed by atoms with van der Waals surface area (Å²) in [6, 6.07) is 7.96. The Morgan fingerprint density at radius 2 is 1.90 bits per heavy atom. The van der Waals surface area contributed by atoms with Crippen LogP contribution in [0.3, 0.4) is 0 Å². The summed E-state index contributed by atoms with van der Waals surface area (Å²) < 4.78 is 18.4. The van der Waals surface area contributed by atoms with Crippen LogP contribution in [-0.2, 0) is 16.0 Å². The molecule has 1 atom stereocenters. The molecular formula is C22H27FN4O3. The van der Waals surface area contributed by atoms with E-state index in [2.05, 4.69) is 10.2 Å². The summed E-state index contributed by atoms with van der Waals surface area (Å²) in [6.45, 7) is 2.92. The zero-order valence-electron chi connectivity index (χ0n) is 17.0. The third-order valence-corrected chi connectivity index (χ3v) is 5.84. The van der Waals surface area contributed by atoms with Crippen molar-refractivity contribution >= 4 is 11.8 Å². The van der Waals surface area contributed by atoms with Gasteiger partial charge < -0.3 is 14.5 Å². The van der Waals surface area contributed by atoms with E-state index in [0.29, 0.717) is 51.4 Å². The third kappa shape index (κ3) is 4.70. The molecule has 1 aromatic heterocycles. The van der Waals surface area contributed by atoms with Crippen molar-refractivity contribution in [1.29, 1.82) is 0 Å². The number of carbonyl (C=O) groups is 2. The number of hydrogen-bond acceptors (Lipinski definition) is 4.